The molecule has 0 radical (unpaired) electrons. The Hall–Kier alpha value is -2.58. The van der Waals surface area contributed by atoms with Crippen molar-refractivity contribution in [2.75, 3.05) is 18.1 Å². The van der Waals surface area contributed by atoms with Crippen molar-refractivity contribution in [3.05, 3.63) is 41.3 Å². The molecule has 7 nitrogen and oxygen atoms in total. The Kier molecular flexibility index (Phi) is 5.78. The molecule has 0 saturated heterocycles. The van der Waals surface area contributed by atoms with E-state index in [0.29, 0.717) is 34.9 Å². The van der Waals surface area contributed by atoms with Crippen LogP contribution in [-0.4, -0.2) is 28.8 Å². The van der Waals surface area contributed by atoms with Gasteiger partial charge < -0.3 is 27.5 Å². The van der Waals surface area contributed by atoms with Crippen LogP contribution in [0.5, 0.6) is 0 Å². The lowest BCUT2D eigenvalue weighted by molar-refractivity contribution is 0.611. The lowest BCUT2D eigenvalue weighted by atomic mass is 10.1. The molecule has 0 spiro atoms. The molecular weight excluding hydrogens is 309 g/mol. The Bertz CT molecular complexity index is 732. The molecule has 0 unspecified atom stereocenters. The third-order valence-corrected chi connectivity index (χ3v) is 3.59. The average Bonchev–Trinajstić information content (AvgIpc) is 2.55. The Balaban J connectivity index is 2.23. The maximum absolute atomic E-state index is 13.5. The second-order valence-electron chi connectivity index (χ2n) is 5.50. The van der Waals surface area contributed by atoms with E-state index in [9.17, 15) is 4.39 Å². The summed E-state index contributed by atoms with van der Waals surface area (Å²) in [5.74, 6) is 0.153. The summed E-state index contributed by atoms with van der Waals surface area (Å²) in [6.45, 7) is 2.08. The third-order valence-electron chi connectivity index (χ3n) is 3.59. The van der Waals surface area contributed by atoms with E-state index in [1.54, 1.807) is 18.2 Å². The molecule has 1 aromatic carbocycles. The van der Waals surface area contributed by atoms with Crippen molar-refractivity contribution < 1.29 is 4.39 Å². The van der Waals surface area contributed by atoms with E-state index in [1.165, 1.54) is 6.07 Å². The molecule has 0 amide bonds. The minimum absolute atomic E-state index is 0.0676. The van der Waals surface area contributed by atoms with Gasteiger partial charge in [-0.2, -0.15) is 4.98 Å². The molecule has 2 aromatic rings. The van der Waals surface area contributed by atoms with Crippen LogP contribution in [0.25, 0.3) is 0 Å². The minimum Gasteiger partial charge on any atom is -0.368 e. The first kappa shape index (κ1) is 17.8. The summed E-state index contributed by atoms with van der Waals surface area (Å²) in [6, 6.07) is 6.33. The van der Waals surface area contributed by atoms with Gasteiger partial charge in [-0.25, -0.2) is 9.37 Å². The zero-order chi connectivity index (χ0) is 17.7. The maximum atomic E-state index is 13.5. The lowest BCUT2D eigenvalue weighted by Crippen LogP contribution is -2.25. The number of halogens is 1. The molecule has 8 heteroatoms. The van der Waals surface area contributed by atoms with Crippen LogP contribution in [0.3, 0.4) is 0 Å². The van der Waals surface area contributed by atoms with Crippen LogP contribution in [0.4, 0.5) is 21.8 Å². The molecule has 0 aliphatic heterocycles. The number of nitrogens with zero attached hydrogens (tertiary/aromatic N) is 2. The number of nitrogens with two attached hydrogens (primary N) is 2. The summed E-state index contributed by atoms with van der Waals surface area (Å²) < 4.78 is 13.5. The molecule has 1 atom stereocenters. The van der Waals surface area contributed by atoms with Gasteiger partial charge in [-0.05, 0) is 32.2 Å². The van der Waals surface area contributed by atoms with Gasteiger partial charge in [0.05, 0.1) is 11.4 Å². The summed E-state index contributed by atoms with van der Waals surface area (Å²) in [7, 11) is 1.84. The van der Waals surface area contributed by atoms with E-state index in [0.717, 1.165) is 0 Å². The van der Waals surface area contributed by atoms with Crippen molar-refractivity contribution in [3.63, 3.8) is 0 Å². The van der Waals surface area contributed by atoms with Crippen molar-refractivity contribution in [2.45, 2.75) is 25.9 Å². The Morgan fingerprint density at radius 1 is 1.33 bits per heavy atom. The zero-order valence-corrected chi connectivity index (χ0v) is 13.7. The molecule has 7 N–H and O–H groups in total. The minimum atomic E-state index is -0.353. The highest BCUT2D eigenvalue weighted by Crippen LogP contribution is 2.20. The van der Waals surface area contributed by atoms with Crippen LogP contribution in [-0.2, 0) is 6.54 Å². The molecule has 1 heterocycles. The largest absolute Gasteiger partial charge is 0.368 e. The predicted molar refractivity (Wildman–Crippen MR) is 94.0 cm³/mol. The normalized spacial score (nSPS) is 12.0. The van der Waals surface area contributed by atoms with Gasteiger partial charge >= 0.3 is 0 Å². The molecular formula is C16H22FN7. The van der Waals surface area contributed by atoms with Crippen LogP contribution >= 0.6 is 0 Å². The molecule has 0 aliphatic rings. The number of nitrogen functional groups attached to an aromatic ring is 1. The van der Waals surface area contributed by atoms with E-state index in [2.05, 4.69) is 20.6 Å². The Morgan fingerprint density at radius 3 is 2.75 bits per heavy atom. The van der Waals surface area contributed by atoms with Crippen LogP contribution in [0.2, 0.25) is 0 Å². The monoisotopic (exact) mass is 331 g/mol. The third kappa shape index (κ3) is 4.46. The number of benzene rings is 1. The summed E-state index contributed by atoms with van der Waals surface area (Å²) in [6.07, 6.45) is 0.514. The first-order chi connectivity index (χ1) is 11.4. The van der Waals surface area contributed by atoms with Crippen molar-refractivity contribution in [1.82, 2.24) is 15.3 Å². The fourth-order valence-electron chi connectivity index (χ4n) is 2.15. The van der Waals surface area contributed by atoms with Gasteiger partial charge in [0, 0.05) is 36.3 Å². The van der Waals surface area contributed by atoms with Crippen LogP contribution in [0.1, 0.15) is 24.6 Å². The number of nitrogens with one attached hydrogen (secondary N) is 3. The Labute approximate surface area is 140 Å². The number of hydrogen-bond acceptors (Lipinski definition) is 7. The van der Waals surface area contributed by atoms with Crippen molar-refractivity contribution in [2.24, 2.45) is 5.73 Å². The zero-order valence-electron chi connectivity index (χ0n) is 13.7. The molecule has 0 fully saturated rings. The highest BCUT2D eigenvalue weighted by Gasteiger charge is 2.11. The smallest absolute Gasteiger partial charge is 0.222 e. The van der Waals surface area contributed by atoms with Gasteiger partial charge in [0.25, 0.3) is 0 Å². The van der Waals surface area contributed by atoms with Crippen molar-refractivity contribution >= 4 is 23.2 Å². The standard InChI is InChI=1S/C16H22FN7/c1-9(21-2)5-13(19)14-7-15(24-16(20)23-14)22-11-3-4-12(17)10(6-11)8-18/h3-4,6-7,9,19,21H,5,8,18H2,1-2H3,(H3,20,22,23,24)/t9-/m1/s1. The molecule has 0 aliphatic carbocycles. The van der Waals surface area contributed by atoms with Crippen LogP contribution in [0, 0.1) is 11.2 Å². The van der Waals surface area contributed by atoms with Gasteiger partial charge in [0.1, 0.15) is 11.6 Å². The van der Waals surface area contributed by atoms with Gasteiger partial charge in [0.2, 0.25) is 5.95 Å². The second-order valence-corrected chi connectivity index (χ2v) is 5.50. The SMILES string of the molecule is CN[C@H](C)CC(=N)c1cc(Nc2ccc(F)c(CN)c2)nc(N)n1. The van der Waals surface area contributed by atoms with Gasteiger partial charge in [-0.3, -0.25) is 0 Å². The summed E-state index contributed by atoms with van der Waals surface area (Å²) >= 11 is 0. The number of rotatable bonds is 7. The van der Waals surface area contributed by atoms with Gasteiger partial charge in [-0.1, -0.05) is 0 Å². The first-order valence-electron chi connectivity index (χ1n) is 7.58. The molecule has 0 saturated carbocycles. The fourth-order valence-corrected chi connectivity index (χ4v) is 2.15. The fraction of sp³-hybridized carbons (Fsp3) is 0.312. The topological polar surface area (TPSA) is 126 Å². The molecule has 24 heavy (non-hydrogen) atoms. The van der Waals surface area contributed by atoms with Gasteiger partial charge in [-0.15, -0.1) is 0 Å². The van der Waals surface area contributed by atoms with E-state index in [1.807, 2.05) is 14.0 Å². The first-order valence-corrected chi connectivity index (χ1v) is 7.58. The average molecular weight is 331 g/mol. The summed E-state index contributed by atoms with van der Waals surface area (Å²) in [4.78, 5) is 8.21. The second kappa shape index (κ2) is 7.80. The molecule has 128 valence electrons. The highest BCUT2D eigenvalue weighted by molar-refractivity contribution is 5.97. The van der Waals surface area contributed by atoms with Crippen molar-refractivity contribution in [3.8, 4) is 0 Å². The molecule has 2 rings (SSSR count). The summed E-state index contributed by atoms with van der Waals surface area (Å²) in [5, 5.41) is 14.3. The quantitative estimate of drug-likeness (QED) is 0.492. The van der Waals surface area contributed by atoms with Crippen LogP contribution < -0.4 is 22.1 Å². The lowest BCUT2D eigenvalue weighted by Gasteiger charge is -2.13. The van der Waals surface area contributed by atoms with E-state index < -0.39 is 0 Å². The number of aromatic nitrogens is 2. The maximum Gasteiger partial charge on any atom is 0.222 e. The number of hydrogen-bond donors (Lipinski definition) is 5. The van der Waals surface area contributed by atoms with Crippen molar-refractivity contribution in [1.29, 1.82) is 5.41 Å². The van der Waals surface area contributed by atoms with E-state index in [4.69, 9.17) is 16.9 Å². The molecule has 1 aromatic heterocycles. The predicted octanol–water partition coefficient (Wildman–Crippen LogP) is 1.77. The van der Waals surface area contributed by atoms with Crippen LogP contribution in [0.15, 0.2) is 24.3 Å². The van der Waals surface area contributed by atoms with Gasteiger partial charge in [0.15, 0.2) is 0 Å². The highest BCUT2D eigenvalue weighted by atomic mass is 19.1. The van der Waals surface area contributed by atoms with E-state index in [-0.39, 0.29) is 24.4 Å². The summed E-state index contributed by atoms with van der Waals surface area (Å²) in [5.41, 5.74) is 13.1. The van der Waals surface area contributed by atoms with E-state index >= 15 is 0 Å². The Morgan fingerprint density at radius 2 is 2.08 bits per heavy atom. The number of anilines is 3. The molecule has 0 bridgehead atoms.